The number of anilines is 1. The standard InChI is InChI=1S/C12H18BrNO/c1-8(2)9(3)15-7-10-4-5-11(13)6-12(10)14/h4-6,8-9H,7,14H2,1-3H3. The lowest BCUT2D eigenvalue weighted by molar-refractivity contribution is 0.0238. The van der Waals surface area contributed by atoms with Crippen molar-refractivity contribution in [3.05, 3.63) is 28.2 Å². The third-order valence-corrected chi connectivity index (χ3v) is 3.04. The Labute approximate surface area is 99.9 Å². The highest BCUT2D eigenvalue weighted by atomic mass is 79.9. The highest BCUT2D eigenvalue weighted by Crippen LogP contribution is 2.20. The molecule has 2 N–H and O–H groups in total. The van der Waals surface area contributed by atoms with E-state index in [0.29, 0.717) is 12.5 Å². The maximum Gasteiger partial charge on any atom is 0.0740 e. The van der Waals surface area contributed by atoms with Crippen molar-refractivity contribution in [3.63, 3.8) is 0 Å². The Kier molecular flexibility index (Phi) is 4.61. The Bertz CT molecular complexity index is 325. The van der Waals surface area contributed by atoms with E-state index < -0.39 is 0 Å². The van der Waals surface area contributed by atoms with Crippen LogP contribution in [0.2, 0.25) is 0 Å². The third kappa shape index (κ3) is 3.84. The quantitative estimate of drug-likeness (QED) is 0.850. The van der Waals surface area contributed by atoms with Crippen LogP contribution in [0.1, 0.15) is 26.3 Å². The predicted molar refractivity (Wildman–Crippen MR) is 67.6 cm³/mol. The topological polar surface area (TPSA) is 35.2 Å². The van der Waals surface area contributed by atoms with Crippen LogP contribution in [0.3, 0.4) is 0 Å². The van der Waals surface area contributed by atoms with Crippen LogP contribution < -0.4 is 5.73 Å². The van der Waals surface area contributed by atoms with Gasteiger partial charge in [0.15, 0.2) is 0 Å². The Morgan fingerprint density at radius 3 is 2.53 bits per heavy atom. The van der Waals surface area contributed by atoms with Gasteiger partial charge in [0.2, 0.25) is 0 Å². The molecule has 0 saturated carbocycles. The first-order chi connectivity index (χ1) is 7.00. The van der Waals surface area contributed by atoms with Gasteiger partial charge in [-0.15, -0.1) is 0 Å². The van der Waals surface area contributed by atoms with Crippen molar-refractivity contribution in [2.75, 3.05) is 5.73 Å². The van der Waals surface area contributed by atoms with E-state index in [0.717, 1.165) is 15.7 Å². The molecule has 3 heteroatoms. The molecular formula is C12H18BrNO. The van der Waals surface area contributed by atoms with Crippen molar-refractivity contribution in [1.29, 1.82) is 0 Å². The molecule has 0 radical (unpaired) electrons. The number of ether oxygens (including phenoxy) is 1. The van der Waals surface area contributed by atoms with Crippen LogP contribution in [0.25, 0.3) is 0 Å². The van der Waals surface area contributed by atoms with Crippen LogP contribution in [0, 0.1) is 5.92 Å². The van der Waals surface area contributed by atoms with Crippen LogP contribution in [0.5, 0.6) is 0 Å². The van der Waals surface area contributed by atoms with Crippen LogP contribution in [0.15, 0.2) is 22.7 Å². The van der Waals surface area contributed by atoms with Gasteiger partial charge in [-0.05, 0) is 25.0 Å². The number of nitrogen functional groups attached to an aromatic ring is 1. The van der Waals surface area contributed by atoms with Crippen LogP contribution in [0.4, 0.5) is 5.69 Å². The SMILES string of the molecule is CC(C)C(C)OCc1ccc(Br)cc1N. The van der Waals surface area contributed by atoms with Gasteiger partial charge < -0.3 is 10.5 Å². The molecule has 0 amide bonds. The molecule has 0 aliphatic carbocycles. The maximum absolute atomic E-state index is 5.87. The molecule has 1 unspecified atom stereocenters. The van der Waals surface area contributed by atoms with Gasteiger partial charge in [-0.3, -0.25) is 0 Å². The molecular weight excluding hydrogens is 254 g/mol. The summed E-state index contributed by atoms with van der Waals surface area (Å²) in [5.74, 6) is 0.529. The molecule has 0 aliphatic rings. The van der Waals surface area contributed by atoms with Crippen LogP contribution in [-0.2, 0) is 11.3 Å². The zero-order valence-electron chi connectivity index (χ0n) is 9.46. The van der Waals surface area contributed by atoms with Gasteiger partial charge in [0.25, 0.3) is 0 Å². The average Bonchev–Trinajstić information content (AvgIpc) is 2.15. The van der Waals surface area contributed by atoms with Crippen molar-refractivity contribution in [2.24, 2.45) is 5.92 Å². The van der Waals surface area contributed by atoms with E-state index in [1.165, 1.54) is 0 Å². The summed E-state index contributed by atoms with van der Waals surface area (Å²) < 4.78 is 6.72. The minimum Gasteiger partial charge on any atom is -0.398 e. The fraction of sp³-hybridized carbons (Fsp3) is 0.500. The first-order valence-corrected chi connectivity index (χ1v) is 5.95. The summed E-state index contributed by atoms with van der Waals surface area (Å²) in [4.78, 5) is 0. The average molecular weight is 272 g/mol. The number of halogens is 1. The van der Waals surface area contributed by atoms with Crippen LogP contribution >= 0.6 is 15.9 Å². The second-order valence-corrected chi connectivity index (χ2v) is 5.02. The number of hydrogen-bond donors (Lipinski definition) is 1. The maximum atomic E-state index is 5.87. The number of rotatable bonds is 4. The fourth-order valence-corrected chi connectivity index (χ4v) is 1.49. The lowest BCUT2D eigenvalue weighted by Crippen LogP contribution is -2.15. The fourth-order valence-electron chi connectivity index (χ4n) is 1.11. The molecule has 0 bridgehead atoms. The van der Waals surface area contributed by atoms with E-state index in [9.17, 15) is 0 Å². The Balaban J connectivity index is 2.58. The molecule has 2 nitrogen and oxygen atoms in total. The smallest absolute Gasteiger partial charge is 0.0740 e. The molecule has 0 saturated heterocycles. The van der Waals surface area contributed by atoms with Gasteiger partial charge in [0, 0.05) is 15.7 Å². The first kappa shape index (κ1) is 12.5. The molecule has 15 heavy (non-hydrogen) atoms. The largest absolute Gasteiger partial charge is 0.398 e. The molecule has 84 valence electrons. The van der Waals surface area contributed by atoms with Gasteiger partial charge in [-0.2, -0.15) is 0 Å². The normalized spacial score (nSPS) is 13.1. The monoisotopic (exact) mass is 271 g/mol. The second kappa shape index (κ2) is 5.52. The summed E-state index contributed by atoms with van der Waals surface area (Å²) in [6.07, 6.45) is 0.257. The summed E-state index contributed by atoms with van der Waals surface area (Å²) >= 11 is 3.38. The Morgan fingerprint density at radius 1 is 1.33 bits per heavy atom. The Hall–Kier alpha value is -0.540. The summed E-state index contributed by atoms with van der Waals surface area (Å²) in [6.45, 7) is 6.96. The van der Waals surface area contributed by atoms with E-state index in [-0.39, 0.29) is 6.10 Å². The first-order valence-electron chi connectivity index (χ1n) is 5.16. The van der Waals surface area contributed by atoms with Crippen molar-refractivity contribution < 1.29 is 4.74 Å². The van der Waals surface area contributed by atoms with E-state index in [1.807, 2.05) is 18.2 Å². The molecule has 1 aromatic rings. The zero-order valence-corrected chi connectivity index (χ0v) is 11.0. The summed E-state index contributed by atoms with van der Waals surface area (Å²) in [6, 6.07) is 5.88. The van der Waals surface area contributed by atoms with Gasteiger partial charge in [0.1, 0.15) is 0 Å². The minimum absolute atomic E-state index is 0.257. The second-order valence-electron chi connectivity index (χ2n) is 4.10. The summed E-state index contributed by atoms with van der Waals surface area (Å²) in [7, 11) is 0. The number of hydrogen-bond acceptors (Lipinski definition) is 2. The van der Waals surface area contributed by atoms with Gasteiger partial charge in [-0.1, -0.05) is 35.8 Å². The van der Waals surface area contributed by atoms with E-state index in [4.69, 9.17) is 10.5 Å². The lowest BCUT2D eigenvalue weighted by atomic mass is 10.1. The van der Waals surface area contributed by atoms with E-state index >= 15 is 0 Å². The molecule has 0 spiro atoms. The summed E-state index contributed by atoms with van der Waals surface area (Å²) in [5, 5.41) is 0. The van der Waals surface area contributed by atoms with E-state index in [1.54, 1.807) is 0 Å². The van der Waals surface area contributed by atoms with Gasteiger partial charge in [-0.25, -0.2) is 0 Å². The van der Waals surface area contributed by atoms with Crippen molar-refractivity contribution in [1.82, 2.24) is 0 Å². The molecule has 1 aromatic carbocycles. The highest BCUT2D eigenvalue weighted by molar-refractivity contribution is 9.10. The zero-order chi connectivity index (χ0) is 11.4. The van der Waals surface area contributed by atoms with Gasteiger partial charge >= 0.3 is 0 Å². The molecule has 0 fully saturated rings. The van der Waals surface area contributed by atoms with Crippen molar-refractivity contribution in [3.8, 4) is 0 Å². The van der Waals surface area contributed by atoms with Crippen molar-refractivity contribution >= 4 is 21.6 Å². The third-order valence-electron chi connectivity index (χ3n) is 2.55. The number of benzene rings is 1. The predicted octanol–water partition coefficient (Wildman–Crippen LogP) is 3.59. The molecule has 0 aromatic heterocycles. The van der Waals surface area contributed by atoms with E-state index in [2.05, 4.69) is 36.7 Å². The molecule has 0 heterocycles. The molecule has 0 aliphatic heterocycles. The molecule has 1 atom stereocenters. The lowest BCUT2D eigenvalue weighted by Gasteiger charge is -2.17. The summed E-state index contributed by atoms with van der Waals surface area (Å²) in [5.41, 5.74) is 7.70. The highest BCUT2D eigenvalue weighted by Gasteiger charge is 2.08. The Morgan fingerprint density at radius 2 is 2.00 bits per heavy atom. The van der Waals surface area contributed by atoms with Gasteiger partial charge in [0.05, 0.1) is 12.7 Å². The van der Waals surface area contributed by atoms with Crippen LogP contribution in [-0.4, -0.2) is 6.10 Å². The number of nitrogens with two attached hydrogens (primary N) is 1. The minimum atomic E-state index is 0.257. The van der Waals surface area contributed by atoms with Crippen molar-refractivity contribution in [2.45, 2.75) is 33.5 Å². The molecule has 1 rings (SSSR count).